The smallest absolute Gasteiger partial charge is 0.272 e. The molecular formula is C32H37N7O4. The first-order valence-corrected chi connectivity index (χ1v) is 14.2. The quantitative estimate of drug-likeness (QED) is 0.265. The SMILES string of the molecule is Cn1cccc1C=Cc1ccc(C(=O)Nc2cc(C(=O)Nc3cc(C(=O)NCCN4CCOCC4)n(C)c3)n(C)c2)cc1. The highest BCUT2D eigenvalue weighted by atomic mass is 16.5. The molecule has 3 N–H and O–H groups in total. The summed E-state index contributed by atoms with van der Waals surface area (Å²) in [5.41, 5.74) is 4.36. The first kappa shape index (κ1) is 29.6. The molecule has 0 radical (unpaired) electrons. The number of hydrogen-bond acceptors (Lipinski definition) is 5. The number of carbonyl (C=O) groups is 3. The van der Waals surface area contributed by atoms with Gasteiger partial charge >= 0.3 is 0 Å². The van der Waals surface area contributed by atoms with Gasteiger partial charge in [0.15, 0.2) is 0 Å². The molecule has 3 amide bonds. The monoisotopic (exact) mass is 583 g/mol. The number of aryl methyl sites for hydroxylation is 3. The average Bonchev–Trinajstić information content (AvgIpc) is 3.70. The normalized spacial score (nSPS) is 13.7. The third kappa shape index (κ3) is 7.51. The Morgan fingerprint density at radius 3 is 2.05 bits per heavy atom. The first-order valence-electron chi connectivity index (χ1n) is 14.2. The number of morpholine rings is 1. The van der Waals surface area contributed by atoms with Gasteiger partial charge in [-0.05, 0) is 48.0 Å². The second-order valence-corrected chi connectivity index (χ2v) is 10.6. The standard InChI is InChI=1S/C32H37N7O4/c1-36-13-4-5-27(36)11-8-23-6-9-24(10-7-23)30(40)34-25-20-29(38(3)21-25)32(42)35-26-19-28(37(2)22-26)31(41)33-12-14-39-15-17-43-18-16-39/h4-11,13,19-22H,12,14-18H2,1-3H3,(H,33,41)(H,34,40)(H,35,42). The molecule has 0 saturated carbocycles. The van der Waals surface area contributed by atoms with Crippen molar-refractivity contribution in [2.75, 3.05) is 50.0 Å². The largest absolute Gasteiger partial charge is 0.379 e. The summed E-state index contributed by atoms with van der Waals surface area (Å²) in [4.78, 5) is 40.9. The molecule has 0 spiro atoms. The van der Waals surface area contributed by atoms with Crippen LogP contribution < -0.4 is 16.0 Å². The molecule has 4 aromatic rings. The summed E-state index contributed by atoms with van der Waals surface area (Å²) in [7, 11) is 5.48. The molecule has 11 heteroatoms. The van der Waals surface area contributed by atoms with Gasteiger partial charge in [-0.25, -0.2) is 0 Å². The van der Waals surface area contributed by atoms with E-state index in [0.29, 0.717) is 48.1 Å². The number of amides is 3. The minimum Gasteiger partial charge on any atom is -0.379 e. The Labute approximate surface area is 250 Å². The van der Waals surface area contributed by atoms with Crippen LogP contribution in [0.3, 0.4) is 0 Å². The van der Waals surface area contributed by atoms with Gasteiger partial charge < -0.3 is 34.4 Å². The van der Waals surface area contributed by atoms with Crippen molar-refractivity contribution in [3.05, 3.63) is 95.3 Å². The Balaban J connectivity index is 1.15. The van der Waals surface area contributed by atoms with E-state index in [4.69, 9.17) is 4.74 Å². The van der Waals surface area contributed by atoms with Gasteiger partial charge in [-0.15, -0.1) is 0 Å². The first-order chi connectivity index (χ1) is 20.8. The number of carbonyl (C=O) groups excluding carboxylic acids is 3. The van der Waals surface area contributed by atoms with Crippen LogP contribution in [0.1, 0.15) is 42.6 Å². The Hall–Kier alpha value is -4.87. The summed E-state index contributed by atoms with van der Waals surface area (Å²) in [6.45, 7) is 4.44. The molecule has 11 nitrogen and oxygen atoms in total. The van der Waals surface area contributed by atoms with E-state index in [1.54, 1.807) is 59.9 Å². The van der Waals surface area contributed by atoms with Crippen LogP contribution in [0.15, 0.2) is 67.1 Å². The number of aromatic nitrogens is 3. The third-order valence-corrected chi connectivity index (χ3v) is 7.41. The Morgan fingerprint density at radius 1 is 0.791 bits per heavy atom. The van der Waals surface area contributed by atoms with Crippen LogP contribution in [0.25, 0.3) is 12.2 Å². The highest BCUT2D eigenvalue weighted by Gasteiger charge is 2.18. The van der Waals surface area contributed by atoms with Crippen molar-refractivity contribution in [1.29, 1.82) is 0 Å². The molecule has 1 saturated heterocycles. The molecule has 4 heterocycles. The van der Waals surface area contributed by atoms with E-state index >= 15 is 0 Å². The van der Waals surface area contributed by atoms with E-state index < -0.39 is 0 Å². The highest BCUT2D eigenvalue weighted by molar-refractivity contribution is 6.07. The average molecular weight is 584 g/mol. The van der Waals surface area contributed by atoms with Crippen molar-refractivity contribution in [2.45, 2.75) is 0 Å². The van der Waals surface area contributed by atoms with E-state index in [2.05, 4.69) is 20.9 Å². The molecule has 0 bridgehead atoms. The Morgan fingerprint density at radius 2 is 1.42 bits per heavy atom. The lowest BCUT2D eigenvalue weighted by molar-refractivity contribution is 0.0383. The predicted octanol–water partition coefficient (Wildman–Crippen LogP) is 3.44. The molecule has 1 fully saturated rings. The second-order valence-electron chi connectivity index (χ2n) is 10.6. The zero-order valence-corrected chi connectivity index (χ0v) is 24.7. The lowest BCUT2D eigenvalue weighted by atomic mass is 10.1. The van der Waals surface area contributed by atoms with Crippen LogP contribution in [0.4, 0.5) is 11.4 Å². The zero-order valence-electron chi connectivity index (χ0n) is 24.7. The number of rotatable bonds is 10. The van der Waals surface area contributed by atoms with Crippen LogP contribution in [-0.4, -0.2) is 75.7 Å². The van der Waals surface area contributed by atoms with Crippen molar-refractivity contribution in [3.63, 3.8) is 0 Å². The van der Waals surface area contributed by atoms with Crippen molar-refractivity contribution in [3.8, 4) is 0 Å². The van der Waals surface area contributed by atoms with Gasteiger partial charge in [-0.2, -0.15) is 0 Å². The maximum Gasteiger partial charge on any atom is 0.272 e. The topological polar surface area (TPSA) is 115 Å². The van der Waals surface area contributed by atoms with Crippen LogP contribution in [0.5, 0.6) is 0 Å². The fraction of sp³-hybridized carbons (Fsp3) is 0.281. The molecule has 0 unspecified atom stereocenters. The molecule has 0 atom stereocenters. The molecule has 1 aliphatic rings. The van der Waals surface area contributed by atoms with Crippen molar-refractivity contribution in [2.24, 2.45) is 21.1 Å². The summed E-state index contributed by atoms with van der Waals surface area (Å²) in [6.07, 6.45) is 9.37. The molecule has 0 aliphatic carbocycles. The fourth-order valence-corrected chi connectivity index (χ4v) is 4.93. The number of anilines is 2. The highest BCUT2D eigenvalue weighted by Crippen LogP contribution is 2.19. The Bertz CT molecular complexity index is 1620. The van der Waals surface area contributed by atoms with Crippen LogP contribution >= 0.6 is 0 Å². The molecule has 224 valence electrons. The van der Waals surface area contributed by atoms with E-state index in [1.165, 1.54) is 0 Å². The molecule has 43 heavy (non-hydrogen) atoms. The van der Waals surface area contributed by atoms with Gasteiger partial charge in [0.05, 0.1) is 24.6 Å². The number of nitrogens with zero attached hydrogens (tertiary/aromatic N) is 4. The van der Waals surface area contributed by atoms with Crippen molar-refractivity contribution < 1.29 is 19.1 Å². The molecule has 1 aliphatic heterocycles. The maximum absolute atomic E-state index is 13.1. The van der Waals surface area contributed by atoms with Crippen molar-refractivity contribution in [1.82, 2.24) is 23.9 Å². The summed E-state index contributed by atoms with van der Waals surface area (Å²) in [5.74, 6) is -0.842. The Kier molecular flexibility index (Phi) is 9.23. The van der Waals surface area contributed by atoms with E-state index in [9.17, 15) is 14.4 Å². The lowest BCUT2D eigenvalue weighted by Gasteiger charge is -2.26. The molecule has 5 rings (SSSR count). The van der Waals surface area contributed by atoms with E-state index in [0.717, 1.165) is 30.9 Å². The number of ether oxygens (including phenoxy) is 1. The number of hydrogen-bond donors (Lipinski definition) is 3. The lowest BCUT2D eigenvalue weighted by Crippen LogP contribution is -2.41. The van der Waals surface area contributed by atoms with Crippen LogP contribution in [-0.2, 0) is 25.9 Å². The maximum atomic E-state index is 13.1. The minimum absolute atomic E-state index is 0.208. The van der Waals surface area contributed by atoms with Crippen molar-refractivity contribution >= 4 is 41.2 Å². The van der Waals surface area contributed by atoms with E-state index in [-0.39, 0.29) is 17.7 Å². The molecular weight excluding hydrogens is 546 g/mol. The van der Waals surface area contributed by atoms with Gasteiger partial charge in [0.1, 0.15) is 11.4 Å². The summed E-state index contributed by atoms with van der Waals surface area (Å²) < 4.78 is 10.7. The summed E-state index contributed by atoms with van der Waals surface area (Å²) in [6, 6.07) is 14.6. The summed E-state index contributed by atoms with van der Waals surface area (Å²) >= 11 is 0. The van der Waals surface area contributed by atoms with Gasteiger partial charge in [-0.1, -0.05) is 18.2 Å². The summed E-state index contributed by atoms with van der Waals surface area (Å²) in [5, 5.41) is 8.65. The van der Waals surface area contributed by atoms with Gasteiger partial charge in [0.2, 0.25) is 0 Å². The number of nitrogens with one attached hydrogen (secondary N) is 3. The van der Waals surface area contributed by atoms with Crippen LogP contribution in [0.2, 0.25) is 0 Å². The zero-order chi connectivity index (χ0) is 30.3. The predicted molar refractivity (Wildman–Crippen MR) is 167 cm³/mol. The van der Waals surface area contributed by atoms with Gasteiger partial charge in [-0.3, -0.25) is 19.3 Å². The fourth-order valence-electron chi connectivity index (χ4n) is 4.93. The molecule has 3 aromatic heterocycles. The second kappa shape index (κ2) is 13.4. The van der Waals surface area contributed by atoms with Gasteiger partial charge in [0, 0.05) is 77.2 Å². The number of benzene rings is 1. The van der Waals surface area contributed by atoms with Gasteiger partial charge in [0.25, 0.3) is 17.7 Å². The minimum atomic E-state index is -0.359. The molecule has 1 aromatic carbocycles. The van der Waals surface area contributed by atoms with Crippen LogP contribution in [0, 0.1) is 0 Å². The third-order valence-electron chi connectivity index (χ3n) is 7.41. The van der Waals surface area contributed by atoms with E-state index in [1.807, 2.05) is 54.2 Å².